The number of rotatable bonds is 5. The minimum atomic E-state index is -0.261. The highest BCUT2D eigenvalue weighted by atomic mass is 16.5. The Morgan fingerprint density at radius 2 is 1.79 bits per heavy atom. The average molecular weight is 374 g/mol. The van der Waals surface area contributed by atoms with Gasteiger partial charge in [0, 0.05) is 25.5 Å². The lowest BCUT2D eigenvalue weighted by molar-refractivity contribution is 0.102. The van der Waals surface area contributed by atoms with E-state index < -0.39 is 0 Å². The number of amides is 1. The Kier molecular flexibility index (Phi) is 5.19. The molecule has 0 aliphatic carbocycles. The van der Waals surface area contributed by atoms with Gasteiger partial charge in [0.15, 0.2) is 0 Å². The summed E-state index contributed by atoms with van der Waals surface area (Å²) in [5.41, 5.74) is 3.72. The molecule has 1 aliphatic rings. The number of benzene rings is 2. The van der Waals surface area contributed by atoms with Crippen molar-refractivity contribution >= 4 is 17.5 Å². The van der Waals surface area contributed by atoms with E-state index >= 15 is 0 Å². The topological polar surface area (TPSA) is 67.3 Å². The fraction of sp³-hybridized carbons (Fsp3) is 0.227. The number of carbonyl (C=O) groups excluding carboxylic acids is 1. The van der Waals surface area contributed by atoms with E-state index in [0.717, 1.165) is 19.5 Å². The van der Waals surface area contributed by atoms with Crippen molar-refractivity contribution in [3.63, 3.8) is 0 Å². The number of ether oxygens (including phenoxy) is 1. The Bertz CT molecular complexity index is 972. The number of hydrogen-bond acceptors (Lipinski definition) is 5. The number of carbonyl (C=O) groups is 1. The predicted molar refractivity (Wildman–Crippen MR) is 109 cm³/mol. The minimum absolute atomic E-state index is 0.261. The molecule has 142 valence electrons. The van der Waals surface area contributed by atoms with Crippen LogP contribution in [0, 0.1) is 0 Å². The van der Waals surface area contributed by atoms with Crippen molar-refractivity contribution in [1.82, 2.24) is 9.97 Å². The van der Waals surface area contributed by atoms with Crippen molar-refractivity contribution in [2.75, 3.05) is 23.4 Å². The third kappa shape index (κ3) is 3.81. The van der Waals surface area contributed by atoms with Gasteiger partial charge in [-0.1, -0.05) is 36.4 Å². The van der Waals surface area contributed by atoms with Crippen molar-refractivity contribution in [2.24, 2.45) is 0 Å². The zero-order valence-corrected chi connectivity index (χ0v) is 15.8. The Morgan fingerprint density at radius 3 is 2.57 bits per heavy atom. The van der Waals surface area contributed by atoms with E-state index in [1.54, 1.807) is 12.4 Å². The quantitative estimate of drug-likeness (QED) is 0.738. The van der Waals surface area contributed by atoms with E-state index in [2.05, 4.69) is 44.5 Å². The van der Waals surface area contributed by atoms with Crippen LogP contribution in [0.2, 0.25) is 0 Å². The molecule has 1 aromatic heterocycles. The van der Waals surface area contributed by atoms with Gasteiger partial charge in [-0.2, -0.15) is 0 Å². The van der Waals surface area contributed by atoms with Gasteiger partial charge >= 0.3 is 0 Å². The zero-order chi connectivity index (χ0) is 19.3. The van der Waals surface area contributed by atoms with Crippen molar-refractivity contribution in [2.45, 2.75) is 19.9 Å². The molecule has 0 saturated heterocycles. The SMILES string of the molecule is CCOc1ccccc1NC(=O)c1cnc(N2CCc3ccccc3C2)nc1. The lowest BCUT2D eigenvalue weighted by atomic mass is 10.0. The molecule has 3 aromatic rings. The molecule has 0 bridgehead atoms. The Hall–Kier alpha value is -3.41. The normalized spacial score (nSPS) is 13.0. The first-order valence-electron chi connectivity index (χ1n) is 9.41. The summed E-state index contributed by atoms with van der Waals surface area (Å²) in [5, 5.41) is 2.87. The van der Waals surface area contributed by atoms with Crippen LogP contribution in [-0.2, 0) is 13.0 Å². The second kappa shape index (κ2) is 8.08. The molecule has 0 saturated carbocycles. The van der Waals surface area contributed by atoms with Crippen molar-refractivity contribution in [1.29, 1.82) is 0 Å². The van der Waals surface area contributed by atoms with Crippen LogP contribution >= 0.6 is 0 Å². The maximum Gasteiger partial charge on any atom is 0.258 e. The van der Waals surface area contributed by atoms with Gasteiger partial charge in [0.1, 0.15) is 5.75 Å². The van der Waals surface area contributed by atoms with Crippen LogP contribution in [0.25, 0.3) is 0 Å². The molecule has 0 spiro atoms. The van der Waals surface area contributed by atoms with Crippen LogP contribution in [0.5, 0.6) is 5.75 Å². The Balaban J connectivity index is 1.46. The molecule has 4 rings (SSSR count). The van der Waals surface area contributed by atoms with E-state index in [1.807, 2.05) is 31.2 Å². The third-order valence-electron chi connectivity index (χ3n) is 4.75. The number of aromatic nitrogens is 2. The molecule has 6 heteroatoms. The largest absolute Gasteiger partial charge is 0.492 e. The van der Waals surface area contributed by atoms with E-state index in [-0.39, 0.29) is 5.91 Å². The maximum absolute atomic E-state index is 12.6. The first-order valence-corrected chi connectivity index (χ1v) is 9.41. The summed E-state index contributed by atoms with van der Waals surface area (Å²) in [7, 11) is 0. The summed E-state index contributed by atoms with van der Waals surface area (Å²) < 4.78 is 5.55. The average Bonchev–Trinajstić information content (AvgIpc) is 2.75. The van der Waals surface area contributed by atoms with E-state index in [9.17, 15) is 4.79 Å². The molecule has 0 fully saturated rings. The van der Waals surface area contributed by atoms with Crippen LogP contribution in [0.3, 0.4) is 0 Å². The van der Waals surface area contributed by atoms with Crippen LogP contribution in [-0.4, -0.2) is 29.0 Å². The molecule has 2 aromatic carbocycles. The van der Waals surface area contributed by atoms with Crippen molar-refractivity contribution in [3.8, 4) is 5.75 Å². The lowest BCUT2D eigenvalue weighted by Crippen LogP contribution is -2.31. The molecule has 6 nitrogen and oxygen atoms in total. The molecular weight excluding hydrogens is 352 g/mol. The molecule has 0 unspecified atom stereocenters. The Morgan fingerprint density at radius 1 is 1.07 bits per heavy atom. The summed E-state index contributed by atoms with van der Waals surface area (Å²) in [6, 6.07) is 15.8. The predicted octanol–water partition coefficient (Wildman–Crippen LogP) is 3.69. The number of anilines is 2. The van der Waals surface area contributed by atoms with Gasteiger partial charge in [-0.05, 0) is 36.6 Å². The summed E-state index contributed by atoms with van der Waals surface area (Å²) in [6.45, 7) is 4.08. The molecule has 1 amide bonds. The minimum Gasteiger partial charge on any atom is -0.492 e. The number of nitrogens with one attached hydrogen (secondary N) is 1. The van der Waals surface area contributed by atoms with Gasteiger partial charge in [-0.15, -0.1) is 0 Å². The first kappa shape index (κ1) is 18.0. The smallest absolute Gasteiger partial charge is 0.258 e. The second-order valence-corrected chi connectivity index (χ2v) is 6.60. The molecule has 0 atom stereocenters. The number of nitrogens with zero attached hydrogens (tertiary/aromatic N) is 3. The monoisotopic (exact) mass is 374 g/mol. The van der Waals surface area contributed by atoms with E-state index in [0.29, 0.717) is 29.6 Å². The third-order valence-corrected chi connectivity index (χ3v) is 4.75. The highest BCUT2D eigenvalue weighted by Crippen LogP contribution is 2.25. The summed E-state index contributed by atoms with van der Waals surface area (Å²) in [6.07, 6.45) is 4.11. The molecule has 1 N–H and O–H groups in total. The van der Waals surface area contributed by atoms with Crippen molar-refractivity contribution in [3.05, 3.63) is 77.6 Å². The lowest BCUT2D eigenvalue weighted by Gasteiger charge is -2.28. The standard InChI is InChI=1S/C22H22N4O2/c1-2-28-20-10-6-5-9-19(20)25-21(27)18-13-23-22(24-14-18)26-12-11-16-7-3-4-8-17(16)15-26/h3-10,13-14H,2,11-12,15H2,1H3,(H,25,27). The van der Waals surface area contributed by atoms with Crippen LogP contribution in [0.15, 0.2) is 60.9 Å². The van der Waals surface area contributed by atoms with Crippen LogP contribution in [0.1, 0.15) is 28.4 Å². The highest BCUT2D eigenvalue weighted by molar-refractivity contribution is 6.04. The summed E-state index contributed by atoms with van der Waals surface area (Å²) in [5.74, 6) is 1.02. The van der Waals surface area contributed by atoms with Crippen LogP contribution < -0.4 is 15.0 Å². The van der Waals surface area contributed by atoms with Crippen LogP contribution in [0.4, 0.5) is 11.6 Å². The number of fused-ring (bicyclic) bond motifs is 1. The fourth-order valence-electron chi connectivity index (χ4n) is 3.31. The second-order valence-electron chi connectivity index (χ2n) is 6.60. The zero-order valence-electron chi connectivity index (χ0n) is 15.8. The number of hydrogen-bond donors (Lipinski definition) is 1. The molecule has 2 heterocycles. The number of para-hydroxylation sites is 2. The van der Waals surface area contributed by atoms with Gasteiger partial charge in [-0.25, -0.2) is 9.97 Å². The van der Waals surface area contributed by atoms with Gasteiger partial charge in [-0.3, -0.25) is 4.79 Å². The maximum atomic E-state index is 12.6. The fourth-order valence-corrected chi connectivity index (χ4v) is 3.31. The molecule has 28 heavy (non-hydrogen) atoms. The molecular formula is C22H22N4O2. The van der Waals surface area contributed by atoms with E-state index in [4.69, 9.17) is 4.74 Å². The van der Waals surface area contributed by atoms with Gasteiger partial charge in [0.2, 0.25) is 5.95 Å². The first-order chi connectivity index (χ1) is 13.7. The van der Waals surface area contributed by atoms with Crippen molar-refractivity contribution < 1.29 is 9.53 Å². The summed E-state index contributed by atoms with van der Waals surface area (Å²) in [4.78, 5) is 23.5. The van der Waals surface area contributed by atoms with E-state index in [1.165, 1.54) is 11.1 Å². The van der Waals surface area contributed by atoms with Gasteiger partial charge in [0.05, 0.1) is 17.9 Å². The van der Waals surface area contributed by atoms with Gasteiger partial charge < -0.3 is 15.0 Å². The highest BCUT2D eigenvalue weighted by Gasteiger charge is 2.18. The van der Waals surface area contributed by atoms with Gasteiger partial charge in [0.25, 0.3) is 5.91 Å². The summed E-state index contributed by atoms with van der Waals surface area (Å²) >= 11 is 0. The molecule has 1 aliphatic heterocycles. The Labute approximate surface area is 164 Å². The molecule has 0 radical (unpaired) electrons.